The molecule has 0 aromatic heterocycles. The summed E-state index contributed by atoms with van der Waals surface area (Å²) in [5, 5.41) is 9.82. The van der Waals surface area contributed by atoms with Crippen molar-refractivity contribution in [3.63, 3.8) is 0 Å². The van der Waals surface area contributed by atoms with Gasteiger partial charge in [0.2, 0.25) is 0 Å². The average Bonchev–Trinajstić information content (AvgIpc) is 2.04. The fourth-order valence-corrected chi connectivity index (χ4v) is 0.167. The summed E-state index contributed by atoms with van der Waals surface area (Å²) in [5.74, 6) is -0.363. The summed E-state index contributed by atoms with van der Waals surface area (Å²) >= 11 is 0. The second kappa shape index (κ2) is 8.57. The average molecular weight is 173 g/mol. The summed E-state index contributed by atoms with van der Waals surface area (Å²) in [6.45, 7) is 10.1. The highest BCUT2D eigenvalue weighted by Crippen LogP contribution is 1.95. The molecule has 0 saturated heterocycles. The molecule has 2 heteroatoms. The molecule has 0 N–H and O–H groups in total. The topological polar surface area (TPSA) is 40.1 Å². The predicted molar refractivity (Wildman–Crippen MR) is 49.6 cm³/mol. The van der Waals surface area contributed by atoms with E-state index in [1.165, 1.54) is 6.42 Å². The van der Waals surface area contributed by atoms with Crippen LogP contribution in [0.1, 0.15) is 47.5 Å². The summed E-state index contributed by atoms with van der Waals surface area (Å²) < 4.78 is 0. The molecule has 0 rings (SSSR count). The minimum Gasteiger partial charge on any atom is -0.550 e. The van der Waals surface area contributed by atoms with Crippen molar-refractivity contribution in [3.05, 3.63) is 0 Å². The summed E-state index contributed by atoms with van der Waals surface area (Å²) in [4.78, 5) is 9.82. The van der Waals surface area contributed by atoms with Crippen molar-refractivity contribution in [2.24, 2.45) is 11.8 Å². The normalized spacial score (nSPS) is 11.8. The number of rotatable bonds is 3. The highest BCUT2D eigenvalue weighted by Gasteiger charge is 1.94. The van der Waals surface area contributed by atoms with Gasteiger partial charge >= 0.3 is 0 Å². The molecule has 0 spiro atoms. The molecule has 0 aromatic rings. The molecule has 0 aromatic carbocycles. The molecule has 0 fully saturated rings. The van der Waals surface area contributed by atoms with E-state index in [1.54, 1.807) is 6.92 Å². The van der Waals surface area contributed by atoms with Crippen molar-refractivity contribution in [2.75, 3.05) is 0 Å². The maximum atomic E-state index is 9.82. The number of hydrogen-bond donors (Lipinski definition) is 0. The first kappa shape index (κ1) is 14.0. The van der Waals surface area contributed by atoms with Gasteiger partial charge in [-0.2, -0.15) is 0 Å². The van der Waals surface area contributed by atoms with Crippen molar-refractivity contribution < 1.29 is 9.90 Å². The van der Waals surface area contributed by atoms with Crippen LogP contribution in [0.4, 0.5) is 0 Å². The van der Waals surface area contributed by atoms with Crippen molar-refractivity contribution in [1.82, 2.24) is 0 Å². The molecular weight excluding hydrogens is 152 g/mol. The zero-order chi connectivity index (χ0) is 10.1. The molecule has 0 aliphatic carbocycles. The van der Waals surface area contributed by atoms with Crippen LogP contribution >= 0.6 is 0 Å². The summed E-state index contributed by atoms with van der Waals surface area (Å²) in [6, 6.07) is 0. The molecule has 0 aliphatic heterocycles. The predicted octanol–water partition coefficient (Wildman–Crippen LogP) is 1.83. The standard InChI is InChI=1S/C5H10O2.C5H12/c1-3-4(2)5(6)7;1-4-5(2)3/h4H,3H2,1-2H3,(H,6,7);5H,4H2,1-3H3/p-1. The highest BCUT2D eigenvalue weighted by molar-refractivity contribution is 5.66. The molecule has 0 aliphatic rings. The first-order valence-corrected chi connectivity index (χ1v) is 4.66. The first-order chi connectivity index (χ1) is 5.45. The van der Waals surface area contributed by atoms with Crippen LogP contribution in [0, 0.1) is 11.8 Å². The van der Waals surface area contributed by atoms with Crippen LogP contribution in [0.3, 0.4) is 0 Å². The molecule has 1 atom stereocenters. The smallest absolute Gasteiger partial charge is 0.0442 e. The third-order valence-corrected chi connectivity index (χ3v) is 1.83. The van der Waals surface area contributed by atoms with E-state index in [9.17, 15) is 9.90 Å². The van der Waals surface area contributed by atoms with Crippen molar-refractivity contribution in [2.45, 2.75) is 47.5 Å². The number of carboxylic acid groups (broad SMARTS) is 1. The van der Waals surface area contributed by atoms with Crippen LogP contribution in [-0.4, -0.2) is 5.97 Å². The van der Waals surface area contributed by atoms with Gasteiger partial charge in [-0.1, -0.05) is 41.0 Å². The quantitative estimate of drug-likeness (QED) is 0.653. The molecule has 0 bridgehead atoms. The van der Waals surface area contributed by atoms with Crippen LogP contribution in [0.2, 0.25) is 0 Å². The van der Waals surface area contributed by atoms with Gasteiger partial charge in [-0.05, 0) is 18.3 Å². The van der Waals surface area contributed by atoms with E-state index in [0.717, 1.165) is 5.92 Å². The number of aliphatic carboxylic acids is 1. The summed E-state index contributed by atoms with van der Waals surface area (Å²) in [6.07, 6.45) is 1.96. The summed E-state index contributed by atoms with van der Waals surface area (Å²) in [5.41, 5.74) is 0. The monoisotopic (exact) mass is 173 g/mol. The van der Waals surface area contributed by atoms with E-state index in [4.69, 9.17) is 0 Å². The van der Waals surface area contributed by atoms with Crippen LogP contribution in [0.15, 0.2) is 0 Å². The Kier molecular flexibility index (Phi) is 10.0. The molecule has 0 saturated carbocycles. The van der Waals surface area contributed by atoms with E-state index in [0.29, 0.717) is 6.42 Å². The van der Waals surface area contributed by atoms with Crippen molar-refractivity contribution in [1.29, 1.82) is 0 Å². The van der Waals surface area contributed by atoms with Gasteiger partial charge in [0.15, 0.2) is 0 Å². The molecule has 0 amide bonds. The van der Waals surface area contributed by atoms with Gasteiger partial charge in [0.05, 0.1) is 0 Å². The lowest BCUT2D eigenvalue weighted by Crippen LogP contribution is -2.28. The highest BCUT2D eigenvalue weighted by atomic mass is 16.4. The fraction of sp³-hybridized carbons (Fsp3) is 0.900. The second-order valence-corrected chi connectivity index (χ2v) is 3.43. The zero-order valence-corrected chi connectivity index (χ0v) is 8.89. The fourth-order valence-electron chi connectivity index (χ4n) is 0.167. The Morgan fingerprint density at radius 1 is 1.17 bits per heavy atom. The van der Waals surface area contributed by atoms with Gasteiger partial charge in [0.25, 0.3) is 0 Å². The minimum absolute atomic E-state index is 0.292. The van der Waals surface area contributed by atoms with Gasteiger partial charge in [-0.15, -0.1) is 0 Å². The number of carbonyl (C=O) groups excluding carboxylic acids is 1. The zero-order valence-electron chi connectivity index (χ0n) is 8.89. The Morgan fingerprint density at radius 2 is 1.50 bits per heavy atom. The lowest BCUT2D eigenvalue weighted by molar-refractivity contribution is -0.311. The number of hydrogen-bond acceptors (Lipinski definition) is 2. The molecule has 0 radical (unpaired) electrons. The van der Waals surface area contributed by atoms with Gasteiger partial charge in [0, 0.05) is 5.97 Å². The van der Waals surface area contributed by atoms with Gasteiger partial charge in [-0.3, -0.25) is 0 Å². The van der Waals surface area contributed by atoms with Crippen molar-refractivity contribution >= 4 is 5.97 Å². The molecular formula is C10H21O2-. The molecule has 74 valence electrons. The Balaban J connectivity index is 0. The van der Waals surface area contributed by atoms with Crippen LogP contribution in [0.25, 0.3) is 0 Å². The number of carbonyl (C=O) groups is 1. The third kappa shape index (κ3) is 12.2. The Labute approximate surface area is 76.0 Å². The maximum absolute atomic E-state index is 9.82. The van der Waals surface area contributed by atoms with Crippen molar-refractivity contribution in [3.8, 4) is 0 Å². The Morgan fingerprint density at radius 3 is 1.50 bits per heavy atom. The lowest BCUT2D eigenvalue weighted by Gasteiger charge is -2.06. The third-order valence-electron chi connectivity index (χ3n) is 1.83. The van der Waals surface area contributed by atoms with E-state index in [2.05, 4.69) is 20.8 Å². The molecule has 2 nitrogen and oxygen atoms in total. The molecule has 0 heterocycles. The number of carboxylic acids is 1. The first-order valence-electron chi connectivity index (χ1n) is 4.66. The van der Waals surface area contributed by atoms with Crippen LogP contribution < -0.4 is 5.11 Å². The maximum Gasteiger partial charge on any atom is 0.0442 e. The lowest BCUT2D eigenvalue weighted by atomic mass is 10.1. The Bertz CT molecular complexity index is 108. The summed E-state index contributed by atoms with van der Waals surface area (Å²) in [7, 11) is 0. The SMILES string of the molecule is CCC(C)C.CCC(C)C(=O)[O-]. The van der Waals surface area contributed by atoms with E-state index < -0.39 is 5.97 Å². The van der Waals surface area contributed by atoms with E-state index in [1.807, 2.05) is 6.92 Å². The van der Waals surface area contributed by atoms with E-state index >= 15 is 0 Å². The molecule has 12 heavy (non-hydrogen) atoms. The van der Waals surface area contributed by atoms with Gasteiger partial charge in [-0.25, -0.2) is 0 Å². The minimum atomic E-state index is -0.956. The largest absolute Gasteiger partial charge is 0.550 e. The van der Waals surface area contributed by atoms with Gasteiger partial charge < -0.3 is 9.90 Å². The van der Waals surface area contributed by atoms with Crippen LogP contribution in [-0.2, 0) is 4.79 Å². The van der Waals surface area contributed by atoms with Crippen LogP contribution in [0.5, 0.6) is 0 Å². The molecule has 1 unspecified atom stereocenters. The second-order valence-electron chi connectivity index (χ2n) is 3.43. The van der Waals surface area contributed by atoms with Gasteiger partial charge in [0.1, 0.15) is 0 Å². The Hall–Kier alpha value is -0.530. The van der Waals surface area contributed by atoms with E-state index in [-0.39, 0.29) is 5.92 Å².